The van der Waals surface area contributed by atoms with Gasteiger partial charge in [-0.05, 0) is 38.5 Å². The third-order valence-electron chi connectivity index (χ3n) is 3.46. The highest BCUT2D eigenvalue weighted by Gasteiger charge is 2.17. The molecule has 4 nitrogen and oxygen atoms in total. The van der Waals surface area contributed by atoms with Crippen LogP contribution in [0.2, 0.25) is 0 Å². The molecule has 0 N–H and O–H groups in total. The van der Waals surface area contributed by atoms with Gasteiger partial charge in [0.1, 0.15) is 18.1 Å². The van der Waals surface area contributed by atoms with Crippen LogP contribution in [0.4, 0.5) is 0 Å². The van der Waals surface area contributed by atoms with Crippen molar-refractivity contribution in [3.8, 4) is 0 Å². The van der Waals surface area contributed by atoms with Crippen LogP contribution in [-0.4, -0.2) is 23.5 Å². The molecule has 2 aromatic rings. The number of hydrogen-bond donors (Lipinski definition) is 0. The van der Waals surface area contributed by atoms with Gasteiger partial charge in [0, 0.05) is 6.04 Å². The summed E-state index contributed by atoms with van der Waals surface area (Å²) in [5.74, 6) is 1.52. The third-order valence-corrected chi connectivity index (χ3v) is 3.46. The molecule has 2 rings (SSSR count). The number of aryl methyl sites for hydroxylation is 1. The van der Waals surface area contributed by atoms with Crippen molar-refractivity contribution in [1.82, 2.24) is 4.90 Å². The van der Waals surface area contributed by atoms with Crippen molar-refractivity contribution in [3.63, 3.8) is 0 Å². The van der Waals surface area contributed by atoms with E-state index in [9.17, 15) is 4.79 Å². The first-order valence-electron chi connectivity index (χ1n) is 7.53. The SMILES string of the molecule is Cc1ccc(CN(CC(=O)OCc2ccccc2)C(C)C)o1. The maximum Gasteiger partial charge on any atom is 0.320 e. The summed E-state index contributed by atoms with van der Waals surface area (Å²) in [7, 11) is 0. The fourth-order valence-corrected chi connectivity index (χ4v) is 2.14. The van der Waals surface area contributed by atoms with Crippen molar-refractivity contribution in [1.29, 1.82) is 0 Å². The number of carbonyl (C=O) groups is 1. The van der Waals surface area contributed by atoms with Crippen molar-refractivity contribution in [3.05, 3.63) is 59.5 Å². The first kappa shape index (κ1) is 16.3. The van der Waals surface area contributed by atoms with Crippen molar-refractivity contribution in [2.24, 2.45) is 0 Å². The molecule has 0 aliphatic rings. The molecule has 4 heteroatoms. The van der Waals surface area contributed by atoms with E-state index < -0.39 is 0 Å². The van der Waals surface area contributed by atoms with Gasteiger partial charge in [0.25, 0.3) is 0 Å². The zero-order valence-electron chi connectivity index (χ0n) is 13.4. The molecular weight excluding hydrogens is 278 g/mol. The highest BCUT2D eigenvalue weighted by atomic mass is 16.5. The van der Waals surface area contributed by atoms with Gasteiger partial charge in [0.05, 0.1) is 13.1 Å². The quantitative estimate of drug-likeness (QED) is 0.734. The number of furan rings is 1. The molecule has 0 fully saturated rings. The van der Waals surface area contributed by atoms with Crippen LogP contribution in [0.1, 0.15) is 30.9 Å². The Balaban J connectivity index is 1.86. The molecule has 1 heterocycles. The minimum atomic E-state index is -0.221. The summed E-state index contributed by atoms with van der Waals surface area (Å²) in [6.45, 7) is 7.19. The van der Waals surface area contributed by atoms with Gasteiger partial charge in [0.2, 0.25) is 0 Å². The molecule has 22 heavy (non-hydrogen) atoms. The predicted molar refractivity (Wildman–Crippen MR) is 85.2 cm³/mol. The van der Waals surface area contributed by atoms with Gasteiger partial charge < -0.3 is 9.15 Å². The largest absolute Gasteiger partial charge is 0.465 e. The van der Waals surface area contributed by atoms with E-state index in [2.05, 4.69) is 13.8 Å². The average Bonchev–Trinajstić information content (AvgIpc) is 2.91. The zero-order chi connectivity index (χ0) is 15.9. The first-order chi connectivity index (χ1) is 10.5. The molecule has 1 aromatic carbocycles. The van der Waals surface area contributed by atoms with Gasteiger partial charge in [-0.3, -0.25) is 9.69 Å². The van der Waals surface area contributed by atoms with Gasteiger partial charge in [-0.25, -0.2) is 0 Å². The Kier molecular flexibility index (Phi) is 5.78. The van der Waals surface area contributed by atoms with Crippen LogP contribution in [-0.2, 0) is 22.7 Å². The standard InChI is InChI=1S/C18H23NO3/c1-14(2)19(11-17-10-9-15(3)22-17)12-18(20)21-13-16-7-5-4-6-8-16/h4-10,14H,11-13H2,1-3H3. The van der Waals surface area contributed by atoms with Crippen molar-refractivity contribution in [2.45, 2.75) is 40.0 Å². The molecule has 0 saturated heterocycles. The summed E-state index contributed by atoms with van der Waals surface area (Å²) in [6.07, 6.45) is 0. The van der Waals surface area contributed by atoms with Crippen molar-refractivity contribution < 1.29 is 13.9 Å². The Hall–Kier alpha value is -2.07. The van der Waals surface area contributed by atoms with Crippen LogP contribution >= 0.6 is 0 Å². The third kappa shape index (κ3) is 5.04. The zero-order valence-corrected chi connectivity index (χ0v) is 13.4. The Morgan fingerprint density at radius 1 is 1.18 bits per heavy atom. The Morgan fingerprint density at radius 3 is 2.50 bits per heavy atom. The van der Waals surface area contributed by atoms with Crippen LogP contribution in [0.15, 0.2) is 46.9 Å². The molecule has 0 aliphatic carbocycles. The molecule has 0 radical (unpaired) electrons. The summed E-state index contributed by atoms with van der Waals surface area (Å²) >= 11 is 0. The van der Waals surface area contributed by atoms with E-state index in [1.54, 1.807) is 0 Å². The number of ether oxygens (including phenoxy) is 1. The smallest absolute Gasteiger partial charge is 0.320 e. The fourth-order valence-electron chi connectivity index (χ4n) is 2.14. The van der Waals surface area contributed by atoms with Crippen LogP contribution < -0.4 is 0 Å². The second kappa shape index (κ2) is 7.80. The minimum absolute atomic E-state index is 0.221. The number of hydrogen-bond acceptors (Lipinski definition) is 4. The molecular formula is C18H23NO3. The summed E-state index contributed by atoms with van der Waals surface area (Å²) in [6, 6.07) is 13.8. The Morgan fingerprint density at radius 2 is 1.91 bits per heavy atom. The second-order valence-electron chi connectivity index (χ2n) is 5.66. The van der Waals surface area contributed by atoms with Crippen LogP contribution in [0.5, 0.6) is 0 Å². The van der Waals surface area contributed by atoms with E-state index in [0.717, 1.165) is 17.1 Å². The van der Waals surface area contributed by atoms with Gasteiger partial charge in [0.15, 0.2) is 0 Å². The first-order valence-corrected chi connectivity index (χ1v) is 7.53. The number of carbonyl (C=O) groups excluding carboxylic acids is 1. The number of rotatable bonds is 7. The molecule has 0 amide bonds. The lowest BCUT2D eigenvalue weighted by atomic mass is 10.2. The molecule has 0 bridgehead atoms. The van der Waals surface area contributed by atoms with E-state index in [0.29, 0.717) is 13.2 Å². The lowest BCUT2D eigenvalue weighted by Gasteiger charge is -2.24. The summed E-state index contributed by atoms with van der Waals surface area (Å²) in [4.78, 5) is 14.1. The molecule has 118 valence electrons. The molecule has 0 aliphatic heterocycles. The Labute approximate surface area is 131 Å². The predicted octanol–water partition coefficient (Wildman–Crippen LogP) is 3.54. The summed E-state index contributed by atoms with van der Waals surface area (Å²) in [5, 5.41) is 0. The maximum absolute atomic E-state index is 12.0. The average molecular weight is 301 g/mol. The van der Waals surface area contributed by atoms with E-state index in [1.807, 2.05) is 54.3 Å². The number of nitrogens with zero attached hydrogens (tertiary/aromatic N) is 1. The van der Waals surface area contributed by atoms with E-state index in [1.165, 1.54) is 0 Å². The molecule has 1 aromatic heterocycles. The van der Waals surface area contributed by atoms with E-state index in [4.69, 9.17) is 9.15 Å². The number of esters is 1. The summed E-state index contributed by atoms with van der Waals surface area (Å²) < 4.78 is 10.9. The van der Waals surface area contributed by atoms with Gasteiger partial charge in [-0.2, -0.15) is 0 Å². The van der Waals surface area contributed by atoms with E-state index >= 15 is 0 Å². The number of benzene rings is 1. The lowest BCUT2D eigenvalue weighted by molar-refractivity contribution is -0.147. The molecule has 0 spiro atoms. The fraction of sp³-hybridized carbons (Fsp3) is 0.389. The maximum atomic E-state index is 12.0. The van der Waals surface area contributed by atoms with Crippen LogP contribution in [0, 0.1) is 6.92 Å². The highest BCUT2D eigenvalue weighted by Crippen LogP contribution is 2.12. The minimum Gasteiger partial charge on any atom is -0.465 e. The summed E-state index contributed by atoms with van der Waals surface area (Å²) in [5.41, 5.74) is 0.994. The van der Waals surface area contributed by atoms with Gasteiger partial charge in [-0.1, -0.05) is 30.3 Å². The second-order valence-corrected chi connectivity index (χ2v) is 5.66. The Bertz CT molecular complexity index is 589. The van der Waals surface area contributed by atoms with Crippen molar-refractivity contribution >= 4 is 5.97 Å². The van der Waals surface area contributed by atoms with Crippen LogP contribution in [0.3, 0.4) is 0 Å². The normalized spacial score (nSPS) is 11.1. The molecule has 0 unspecified atom stereocenters. The van der Waals surface area contributed by atoms with Gasteiger partial charge in [-0.15, -0.1) is 0 Å². The molecule has 0 atom stereocenters. The van der Waals surface area contributed by atoms with Crippen molar-refractivity contribution in [2.75, 3.05) is 6.54 Å². The monoisotopic (exact) mass is 301 g/mol. The lowest BCUT2D eigenvalue weighted by Crippen LogP contribution is -2.35. The van der Waals surface area contributed by atoms with Crippen LogP contribution in [0.25, 0.3) is 0 Å². The topological polar surface area (TPSA) is 42.7 Å². The highest BCUT2D eigenvalue weighted by molar-refractivity contribution is 5.71. The van der Waals surface area contributed by atoms with Gasteiger partial charge >= 0.3 is 5.97 Å². The molecule has 0 saturated carbocycles. The van der Waals surface area contributed by atoms with E-state index in [-0.39, 0.29) is 18.6 Å².